The van der Waals surface area contributed by atoms with Crippen LogP contribution >= 0.6 is 12.2 Å². The number of pyridine rings is 1. The summed E-state index contributed by atoms with van der Waals surface area (Å²) in [5, 5.41) is 73.8. The Balaban J connectivity index is 0.0000185. The van der Waals surface area contributed by atoms with Crippen LogP contribution in [0.1, 0.15) is 75.7 Å². The van der Waals surface area contributed by atoms with Crippen LogP contribution in [0.25, 0.3) is 0 Å². The van der Waals surface area contributed by atoms with Crippen molar-refractivity contribution in [2.45, 2.75) is 115 Å². The number of anilines is 1. The van der Waals surface area contributed by atoms with E-state index in [-0.39, 0.29) is 142 Å². The molecule has 0 saturated carbocycles. The van der Waals surface area contributed by atoms with Gasteiger partial charge in [-0.3, -0.25) is 67.8 Å². The summed E-state index contributed by atoms with van der Waals surface area (Å²) in [7, 11) is 0. The summed E-state index contributed by atoms with van der Waals surface area (Å²) in [6.45, 7) is 2.76. The number of likely N-dealkylation sites (tertiary alicyclic amines) is 1. The minimum Gasteiger partial charge on any atom is -0.481 e. The number of hydrogen-bond donors (Lipinski definition) is 14. The third kappa shape index (κ3) is 25.2. The number of aliphatic carboxylic acids is 5. The minimum atomic E-state index is -1.75. The fourth-order valence-electron chi connectivity index (χ4n) is 9.29. The van der Waals surface area contributed by atoms with Gasteiger partial charge in [-0.1, -0.05) is 32.0 Å². The Morgan fingerprint density at radius 1 is 0.714 bits per heavy atom. The molecule has 1 aromatic heterocycles. The van der Waals surface area contributed by atoms with E-state index in [0.29, 0.717) is 42.9 Å². The van der Waals surface area contributed by atoms with Crippen LogP contribution in [0.2, 0.25) is 0 Å². The molecule has 16 N–H and O–H groups in total. The monoisotopic (exact) mass is 1340 g/mol. The van der Waals surface area contributed by atoms with Crippen molar-refractivity contribution in [3.8, 4) is 0 Å². The molecule has 84 heavy (non-hydrogen) atoms. The molecule has 0 aliphatic carbocycles. The van der Waals surface area contributed by atoms with Gasteiger partial charge in [-0.05, 0) is 92.9 Å². The number of carboxylic acid groups (broad SMARTS) is 5. The van der Waals surface area contributed by atoms with Gasteiger partial charge in [0.2, 0.25) is 29.5 Å². The number of thiocarbonyl (C=S) groups is 1. The number of nitrogens with zero attached hydrogens (tertiary/aromatic N) is 6. The summed E-state index contributed by atoms with van der Waals surface area (Å²) in [4.78, 5) is 142. The Kier molecular flexibility index (Phi) is 30.7. The number of carbonyl (C=O) groups is 10. The number of fused-ring (bicyclic) bond motifs is 2. The van der Waals surface area contributed by atoms with Crippen LogP contribution < -0.4 is 43.4 Å². The number of guanidine groups is 1. The first kappa shape index (κ1) is 71.5. The smallest absolute Gasteiger partial charge is 0.326 e. The van der Waals surface area contributed by atoms with Crippen molar-refractivity contribution in [1.29, 1.82) is 0 Å². The third-order valence-electron chi connectivity index (χ3n) is 13.4. The van der Waals surface area contributed by atoms with E-state index in [4.69, 9.17) is 28.7 Å². The van der Waals surface area contributed by atoms with Gasteiger partial charge in [0.15, 0.2) is 11.1 Å². The Morgan fingerprint density at radius 2 is 1.31 bits per heavy atom. The molecular formula is C52H76GdN14O16S. The molecule has 32 heteroatoms. The number of nitrogens with one attached hydrogen (secondary N) is 6. The first-order chi connectivity index (χ1) is 39.3. The maximum absolute atomic E-state index is 13.5. The molecule has 0 spiro atoms. The Bertz CT molecular complexity index is 2650. The molecule has 0 radical (unpaired) electrons. The number of benzene rings is 1. The van der Waals surface area contributed by atoms with Crippen LogP contribution in [0.4, 0.5) is 5.69 Å². The number of carbonyl (C=O) groups excluding carboxylic acids is 5. The van der Waals surface area contributed by atoms with Gasteiger partial charge in [0.1, 0.15) is 36.3 Å². The second-order valence-electron chi connectivity index (χ2n) is 20.5. The standard InChI is InChI=1S/C52H76N14O16S.Gd/c1-30(2)22-36(45(75)62-38(29-67)47(77)60-35(49(79)80)8-4-16-55-51(53)54)61-46(76)37(23-42(69)70)59-41(68)24-56-48(78)39-9-5-17-66(39)52(83)58-32-13-10-31(11-14-32)12-15-40(50(81)82)65-21-20-63(27-43(71)72)18-19-64(28-44(73)74)25-33-6-3-7-34(26-65)57-33;/h3,6-7,10-11,13-14,30,35-40,67H,4-5,8-9,12,15-29H2,1-2H3,(H,56,78)(H,58,83)(H,59,68)(H,60,77)(H,61,76)(H,62,75)(H,69,70)(H,71,72)(H,73,74)(H,79,80)(H,81,82)(H4,53,54,55);/t35-,36-,37-,38-,39-,40?;/m0./s1. The molecule has 30 nitrogen and oxygen atoms in total. The maximum atomic E-state index is 13.5. The van der Waals surface area contributed by atoms with Crippen molar-refractivity contribution >= 4 is 88.4 Å². The first-order valence-corrected chi connectivity index (χ1v) is 27.3. The molecular weight excluding hydrogens is 1270 g/mol. The maximum Gasteiger partial charge on any atom is 0.326 e. The number of rotatable bonds is 30. The molecule has 2 aromatic rings. The number of aromatic nitrogens is 1. The van der Waals surface area contributed by atoms with Crippen molar-refractivity contribution < 1.29 is 119 Å². The predicted molar refractivity (Wildman–Crippen MR) is 301 cm³/mol. The van der Waals surface area contributed by atoms with Gasteiger partial charge < -0.3 is 78.9 Å². The van der Waals surface area contributed by atoms with Gasteiger partial charge in [-0.2, -0.15) is 0 Å². The van der Waals surface area contributed by atoms with E-state index in [1.54, 1.807) is 75.9 Å². The van der Waals surface area contributed by atoms with Gasteiger partial charge in [0.05, 0.1) is 44.0 Å². The van der Waals surface area contributed by atoms with Crippen LogP contribution in [-0.2, 0) is 67.5 Å². The van der Waals surface area contributed by atoms with Crippen molar-refractivity contribution in [3.63, 3.8) is 0 Å². The molecule has 1 unspecified atom stereocenters. The molecule has 2 aliphatic rings. The van der Waals surface area contributed by atoms with Gasteiger partial charge >= 0.3 is 29.8 Å². The molecule has 5 amide bonds. The molecule has 1 saturated heterocycles. The summed E-state index contributed by atoms with van der Waals surface area (Å²) in [6.07, 6.45) is 0.478. The van der Waals surface area contributed by atoms with Crippen molar-refractivity contribution in [2.24, 2.45) is 22.4 Å². The molecule has 6 atom stereocenters. The van der Waals surface area contributed by atoms with E-state index >= 15 is 0 Å². The minimum absolute atomic E-state index is 0. The summed E-state index contributed by atoms with van der Waals surface area (Å²) in [5.74, 6) is -11.3. The number of aliphatic hydroxyl groups excluding tert-OH is 1. The average Bonchev–Trinajstić information content (AvgIpc) is 4.12. The van der Waals surface area contributed by atoms with Crippen LogP contribution in [0.5, 0.6) is 0 Å². The largest absolute Gasteiger partial charge is 0.481 e. The van der Waals surface area contributed by atoms with Crippen molar-refractivity contribution in [1.82, 2.24) is 51.2 Å². The van der Waals surface area contributed by atoms with Crippen molar-refractivity contribution in [3.05, 3.63) is 59.4 Å². The van der Waals surface area contributed by atoms with Crippen LogP contribution in [-0.4, -0.2) is 227 Å². The van der Waals surface area contributed by atoms with Crippen LogP contribution in [0.15, 0.2) is 47.5 Å². The van der Waals surface area contributed by atoms with Crippen molar-refractivity contribution in [2.75, 3.05) is 70.8 Å². The van der Waals surface area contributed by atoms with Crippen LogP contribution in [0, 0.1) is 45.9 Å². The average molecular weight is 1340 g/mol. The van der Waals surface area contributed by atoms with E-state index in [0.717, 1.165) is 5.56 Å². The second-order valence-corrected chi connectivity index (χ2v) is 20.8. The van der Waals surface area contributed by atoms with E-state index in [9.17, 15) is 78.6 Å². The number of aryl methyl sites for hydroxylation is 1. The first-order valence-electron chi connectivity index (χ1n) is 26.9. The van der Waals surface area contributed by atoms with Gasteiger partial charge in [0, 0.05) is 98.0 Å². The number of carboxylic acids is 5. The molecule has 1 fully saturated rings. The van der Waals surface area contributed by atoms with E-state index in [1.165, 1.54) is 0 Å². The van der Waals surface area contributed by atoms with Gasteiger partial charge in [-0.15, -0.1) is 0 Å². The number of nitrogens with two attached hydrogens (primary N) is 2. The molecule has 3 heterocycles. The second kappa shape index (κ2) is 36.1. The Labute approximate surface area is 521 Å². The fourth-order valence-corrected chi connectivity index (χ4v) is 9.63. The number of aliphatic imine (C=N–C) groups is 1. The number of hydrogen-bond acceptors (Lipinski definition) is 17. The molecule has 2 bridgehead atoms. The van der Waals surface area contributed by atoms with E-state index < -0.39 is 115 Å². The van der Waals surface area contributed by atoms with E-state index in [2.05, 4.69) is 36.9 Å². The predicted octanol–water partition coefficient (Wildman–Crippen LogP) is -2.88. The third-order valence-corrected chi connectivity index (χ3v) is 13.7. The SMILES string of the molecule is CC(C)C[C@H](NC(=O)[C@H](CC(=O)O)NC(=O)CNC(=O)[C@@H]1CCCN1C(=S)Nc1ccc(CCC(C(=O)O)N2CCN(CC(=O)O)CCN(CC(=O)O)Cc3cccc(n3)C2)cc1)C(=O)N[C@@H](CO)C(=O)N[C@@H](CCCN=C(N)N)C(=O)O.[Gd]. The summed E-state index contributed by atoms with van der Waals surface area (Å²) in [5.41, 5.74) is 13.1. The molecule has 2 aliphatic heterocycles. The van der Waals surface area contributed by atoms with Crippen LogP contribution in [0.3, 0.4) is 0 Å². The fraction of sp³-hybridized carbons (Fsp3) is 0.558. The summed E-state index contributed by atoms with van der Waals surface area (Å²) in [6, 6.07) is 4.23. The normalized spacial score (nSPS) is 16.7. The Morgan fingerprint density at radius 3 is 1.92 bits per heavy atom. The number of aliphatic hydroxyl groups is 1. The summed E-state index contributed by atoms with van der Waals surface area (Å²) >= 11 is 5.70. The quantitative estimate of drug-likeness (QED) is 0.0162. The molecule has 1 aromatic carbocycles. The zero-order valence-electron chi connectivity index (χ0n) is 46.6. The summed E-state index contributed by atoms with van der Waals surface area (Å²) < 4.78 is 0. The molecule has 4 rings (SSSR count). The van der Waals surface area contributed by atoms with Gasteiger partial charge in [-0.25, -0.2) is 4.79 Å². The van der Waals surface area contributed by atoms with Gasteiger partial charge in [0.25, 0.3) is 0 Å². The van der Waals surface area contributed by atoms with E-state index in [1.807, 2.05) is 0 Å². The molecule has 464 valence electrons. The topological polar surface area (TPSA) is 455 Å². The Hall–Kier alpha value is -6.81. The zero-order chi connectivity index (χ0) is 61.3. The number of amides is 5. The zero-order valence-corrected chi connectivity index (χ0v) is 49.7.